The van der Waals surface area contributed by atoms with Crippen LogP contribution in [0.2, 0.25) is 0 Å². The van der Waals surface area contributed by atoms with Crippen LogP contribution in [0.5, 0.6) is 0 Å². The zero-order chi connectivity index (χ0) is 21.1. The lowest BCUT2D eigenvalue weighted by Crippen LogP contribution is -2.49. The summed E-state index contributed by atoms with van der Waals surface area (Å²) in [6, 6.07) is 11.8. The first kappa shape index (κ1) is 26.8. The number of halogens is 2. The molecule has 0 atom stereocenters. The van der Waals surface area contributed by atoms with Gasteiger partial charge in [0.1, 0.15) is 5.82 Å². The summed E-state index contributed by atoms with van der Waals surface area (Å²) in [5.41, 5.74) is 1.94. The molecule has 1 aromatic carbocycles. The maximum absolute atomic E-state index is 12.8. The Morgan fingerprint density at radius 1 is 0.844 bits per heavy atom. The molecular formula is C22H32Cl2N4O3S. The molecule has 2 aromatic rings. The molecule has 0 N–H and O–H groups in total. The van der Waals surface area contributed by atoms with Crippen molar-refractivity contribution in [2.75, 3.05) is 57.4 Å². The van der Waals surface area contributed by atoms with E-state index in [0.29, 0.717) is 37.2 Å². The van der Waals surface area contributed by atoms with Crippen LogP contribution in [0.3, 0.4) is 0 Å². The summed E-state index contributed by atoms with van der Waals surface area (Å²) < 4.78 is 32.3. The second-order valence-corrected chi connectivity index (χ2v) is 10.0. The predicted octanol–water partition coefficient (Wildman–Crippen LogP) is 3.14. The van der Waals surface area contributed by atoms with Crippen LogP contribution >= 0.6 is 24.8 Å². The molecule has 2 fully saturated rings. The Hall–Kier alpha value is -1.42. The molecule has 0 saturated carbocycles. The van der Waals surface area contributed by atoms with Crippen LogP contribution in [0, 0.1) is 0 Å². The van der Waals surface area contributed by atoms with E-state index < -0.39 is 10.0 Å². The summed E-state index contributed by atoms with van der Waals surface area (Å²) in [7, 11) is -3.47. The summed E-state index contributed by atoms with van der Waals surface area (Å²) >= 11 is 0. The van der Waals surface area contributed by atoms with E-state index in [1.165, 1.54) is 4.31 Å². The van der Waals surface area contributed by atoms with Gasteiger partial charge in [0.15, 0.2) is 0 Å². The van der Waals surface area contributed by atoms with E-state index in [9.17, 15) is 8.42 Å². The average Bonchev–Trinajstić information content (AvgIpc) is 2.80. The Balaban J connectivity index is 0.00000181. The largest absolute Gasteiger partial charge is 0.379 e. The number of morpholine rings is 1. The van der Waals surface area contributed by atoms with Crippen molar-refractivity contribution in [1.82, 2.24) is 14.2 Å². The van der Waals surface area contributed by atoms with Crippen molar-refractivity contribution in [3.63, 3.8) is 0 Å². The molecule has 2 aliphatic heterocycles. The van der Waals surface area contributed by atoms with Gasteiger partial charge in [-0.3, -0.25) is 4.90 Å². The number of benzene rings is 1. The van der Waals surface area contributed by atoms with Crippen molar-refractivity contribution in [3.8, 4) is 11.1 Å². The van der Waals surface area contributed by atoms with Crippen molar-refractivity contribution < 1.29 is 13.2 Å². The minimum atomic E-state index is -3.47. The number of anilines is 1. The molecule has 0 aliphatic carbocycles. The fourth-order valence-corrected chi connectivity index (χ4v) is 5.37. The van der Waals surface area contributed by atoms with Crippen LogP contribution < -0.4 is 4.90 Å². The molecule has 0 unspecified atom stereocenters. The summed E-state index contributed by atoms with van der Waals surface area (Å²) in [5, 5.41) is 0. The molecule has 32 heavy (non-hydrogen) atoms. The fraction of sp³-hybridized carbons (Fsp3) is 0.500. The molecule has 4 rings (SSSR count). The first-order valence-electron chi connectivity index (χ1n) is 10.6. The highest BCUT2D eigenvalue weighted by Crippen LogP contribution is 2.25. The summed E-state index contributed by atoms with van der Waals surface area (Å²) in [5.74, 6) is 0.994. The quantitative estimate of drug-likeness (QED) is 0.625. The van der Waals surface area contributed by atoms with Crippen molar-refractivity contribution >= 4 is 40.7 Å². The zero-order valence-electron chi connectivity index (χ0n) is 18.5. The molecule has 1 aromatic heterocycles. The SMILES string of the molecule is CC(C)N1CCN(c2ccc(-c3ccc(S(=O)(=O)N4CCOCC4)cc3)cn2)CC1.Cl.Cl. The van der Waals surface area contributed by atoms with E-state index >= 15 is 0 Å². The van der Waals surface area contributed by atoms with E-state index in [0.717, 1.165) is 43.1 Å². The monoisotopic (exact) mass is 502 g/mol. The Bertz CT molecular complexity index is 942. The molecule has 178 valence electrons. The molecule has 2 aliphatic rings. The normalized spacial score (nSPS) is 18.2. The van der Waals surface area contributed by atoms with Gasteiger partial charge in [0.25, 0.3) is 0 Å². The Morgan fingerprint density at radius 3 is 1.97 bits per heavy atom. The third kappa shape index (κ3) is 5.92. The van der Waals surface area contributed by atoms with Gasteiger partial charge < -0.3 is 9.64 Å². The fourth-order valence-electron chi connectivity index (χ4n) is 3.97. The van der Waals surface area contributed by atoms with E-state index in [1.54, 1.807) is 12.1 Å². The molecule has 10 heteroatoms. The second-order valence-electron chi connectivity index (χ2n) is 8.06. The Labute approximate surface area is 203 Å². The van der Waals surface area contributed by atoms with Crippen LogP contribution in [0.1, 0.15) is 13.8 Å². The molecule has 3 heterocycles. The second kappa shape index (κ2) is 11.6. The molecule has 7 nitrogen and oxygen atoms in total. The number of nitrogens with zero attached hydrogens (tertiary/aromatic N) is 4. The average molecular weight is 503 g/mol. The Morgan fingerprint density at radius 2 is 1.44 bits per heavy atom. The highest BCUT2D eigenvalue weighted by atomic mass is 35.5. The summed E-state index contributed by atoms with van der Waals surface area (Å²) in [4.78, 5) is 9.78. The summed E-state index contributed by atoms with van der Waals surface area (Å²) in [6.45, 7) is 10.3. The number of hydrogen-bond acceptors (Lipinski definition) is 6. The summed E-state index contributed by atoms with van der Waals surface area (Å²) in [6.07, 6.45) is 1.87. The number of rotatable bonds is 5. The molecule has 2 saturated heterocycles. The molecule has 0 spiro atoms. The van der Waals surface area contributed by atoms with Gasteiger partial charge in [-0.05, 0) is 43.7 Å². The van der Waals surface area contributed by atoms with Gasteiger partial charge in [0.05, 0.1) is 18.1 Å². The third-order valence-electron chi connectivity index (χ3n) is 5.91. The number of pyridine rings is 1. The minimum Gasteiger partial charge on any atom is -0.379 e. The molecule has 0 bridgehead atoms. The van der Waals surface area contributed by atoms with Crippen LogP contribution in [0.15, 0.2) is 47.5 Å². The maximum Gasteiger partial charge on any atom is 0.243 e. The maximum atomic E-state index is 12.8. The number of sulfonamides is 1. The van der Waals surface area contributed by atoms with E-state index in [2.05, 4.69) is 40.8 Å². The van der Waals surface area contributed by atoms with Crippen LogP contribution in [-0.2, 0) is 14.8 Å². The standard InChI is InChI=1S/C22H30N4O3S.2ClH/c1-18(2)24-9-11-25(12-10-24)22-8-5-20(17-23-22)19-3-6-21(7-4-19)30(27,28)26-13-15-29-16-14-26;;/h3-8,17-18H,9-16H2,1-2H3;2*1H. The van der Waals surface area contributed by atoms with Gasteiger partial charge in [0, 0.05) is 57.1 Å². The lowest BCUT2D eigenvalue weighted by atomic mass is 10.1. The topological polar surface area (TPSA) is 66.0 Å². The number of ether oxygens (including phenoxy) is 1. The van der Waals surface area contributed by atoms with Crippen LogP contribution in [-0.4, -0.2) is 81.1 Å². The van der Waals surface area contributed by atoms with Gasteiger partial charge in [0.2, 0.25) is 10.0 Å². The first-order chi connectivity index (χ1) is 14.4. The lowest BCUT2D eigenvalue weighted by Gasteiger charge is -2.37. The lowest BCUT2D eigenvalue weighted by molar-refractivity contribution is 0.0730. The van der Waals surface area contributed by atoms with Gasteiger partial charge in [-0.2, -0.15) is 4.31 Å². The highest BCUT2D eigenvalue weighted by Gasteiger charge is 2.26. The number of piperazine rings is 1. The minimum absolute atomic E-state index is 0. The molecule has 0 amide bonds. The van der Waals surface area contributed by atoms with Gasteiger partial charge in [-0.25, -0.2) is 13.4 Å². The van der Waals surface area contributed by atoms with E-state index in [1.807, 2.05) is 18.3 Å². The third-order valence-corrected chi connectivity index (χ3v) is 7.82. The predicted molar refractivity (Wildman–Crippen MR) is 133 cm³/mol. The first-order valence-corrected chi connectivity index (χ1v) is 12.0. The van der Waals surface area contributed by atoms with Crippen LogP contribution in [0.4, 0.5) is 5.82 Å². The van der Waals surface area contributed by atoms with Gasteiger partial charge in [-0.1, -0.05) is 12.1 Å². The van der Waals surface area contributed by atoms with Crippen molar-refractivity contribution in [1.29, 1.82) is 0 Å². The highest BCUT2D eigenvalue weighted by molar-refractivity contribution is 7.89. The Kier molecular flexibility index (Phi) is 9.75. The van der Waals surface area contributed by atoms with Crippen LogP contribution in [0.25, 0.3) is 11.1 Å². The van der Waals surface area contributed by atoms with Crippen molar-refractivity contribution in [3.05, 3.63) is 42.6 Å². The van der Waals surface area contributed by atoms with Crippen molar-refractivity contribution in [2.24, 2.45) is 0 Å². The van der Waals surface area contributed by atoms with Crippen molar-refractivity contribution in [2.45, 2.75) is 24.8 Å². The smallest absolute Gasteiger partial charge is 0.243 e. The molecular weight excluding hydrogens is 471 g/mol. The zero-order valence-corrected chi connectivity index (χ0v) is 21.0. The van der Waals surface area contributed by atoms with E-state index in [4.69, 9.17) is 4.74 Å². The van der Waals surface area contributed by atoms with E-state index in [-0.39, 0.29) is 24.8 Å². The molecule has 0 radical (unpaired) electrons. The van der Waals surface area contributed by atoms with Gasteiger partial charge >= 0.3 is 0 Å². The number of hydrogen-bond donors (Lipinski definition) is 0. The number of aromatic nitrogens is 1. The van der Waals surface area contributed by atoms with Gasteiger partial charge in [-0.15, -0.1) is 24.8 Å².